The Kier molecular flexibility index (Phi) is 6.08. The molecule has 0 atom stereocenters. The van der Waals surface area contributed by atoms with Crippen molar-refractivity contribution in [3.8, 4) is 5.75 Å². The molecule has 1 aliphatic rings. The molecule has 1 saturated heterocycles. The zero-order valence-electron chi connectivity index (χ0n) is 15.7. The molecule has 6 nitrogen and oxygen atoms in total. The lowest BCUT2D eigenvalue weighted by Gasteiger charge is -2.34. The highest BCUT2D eigenvalue weighted by atomic mass is 32.1. The summed E-state index contributed by atoms with van der Waals surface area (Å²) < 4.78 is 5.89. The number of ether oxygens (including phenoxy) is 1. The van der Waals surface area contributed by atoms with E-state index in [-0.39, 0.29) is 5.91 Å². The molecule has 7 heteroatoms. The predicted molar refractivity (Wildman–Crippen MR) is 104 cm³/mol. The molecule has 1 fully saturated rings. The molecule has 0 spiro atoms. The molecule has 0 radical (unpaired) electrons. The van der Waals surface area contributed by atoms with Gasteiger partial charge >= 0.3 is 0 Å². The van der Waals surface area contributed by atoms with E-state index in [1.165, 1.54) is 0 Å². The third-order valence-electron chi connectivity index (χ3n) is 4.61. The maximum atomic E-state index is 12.4. The molecule has 26 heavy (non-hydrogen) atoms. The van der Waals surface area contributed by atoms with E-state index in [2.05, 4.69) is 15.1 Å². The van der Waals surface area contributed by atoms with Crippen LogP contribution in [0.5, 0.6) is 5.75 Å². The van der Waals surface area contributed by atoms with Gasteiger partial charge in [0.15, 0.2) is 0 Å². The van der Waals surface area contributed by atoms with Gasteiger partial charge in [-0.15, -0.1) is 10.2 Å². The highest BCUT2D eigenvalue weighted by molar-refractivity contribution is 7.15. The minimum absolute atomic E-state index is 0.211. The monoisotopic (exact) mass is 374 g/mol. The second-order valence-corrected chi connectivity index (χ2v) is 7.80. The number of para-hydroxylation sites is 1. The van der Waals surface area contributed by atoms with E-state index in [9.17, 15) is 4.79 Å². The number of aromatic nitrogens is 2. The molecule has 1 aromatic heterocycles. The van der Waals surface area contributed by atoms with Crippen LogP contribution in [0.3, 0.4) is 0 Å². The molecule has 1 aliphatic heterocycles. The molecule has 0 aliphatic carbocycles. The van der Waals surface area contributed by atoms with E-state index >= 15 is 0 Å². The second kappa shape index (κ2) is 8.49. The van der Waals surface area contributed by atoms with Gasteiger partial charge in [-0.1, -0.05) is 29.5 Å². The van der Waals surface area contributed by atoms with Gasteiger partial charge in [-0.2, -0.15) is 0 Å². The summed E-state index contributed by atoms with van der Waals surface area (Å²) in [5.74, 6) is 1.16. The average molecular weight is 375 g/mol. The first-order chi connectivity index (χ1) is 12.5. The Balaban J connectivity index is 1.39. The number of hydrogen-bond donors (Lipinski definition) is 0. The van der Waals surface area contributed by atoms with E-state index in [0.29, 0.717) is 13.0 Å². The number of nitrogens with zero attached hydrogens (tertiary/aromatic N) is 4. The third kappa shape index (κ3) is 4.52. The molecule has 2 aromatic rings. The van der Waals surface area contributed by atoms with Crippen molar-refractivity contribution < 1.29 is 9.53 Å². The van der Waals surface area contributed by atoms with Gasteiger partial charge in [0, 0.05) is 32.6 Å². The quantitative estimate of drug-likeness (QED) is 0.728. The summed E-state index contributed by atoms with van der Waals surface area (Å²) in [7, 11) is 0. The number of aryl methyl sites for hydroxylation is 3. The van der Waals surface area contributed by atoms with Crippen LogP contribution >= 0.6 is 11.3 Å². The number of hydrogen-bond acceptors (Lipinski definition) is 6. The van der Waals surface area contributed by atoms with Gasteiger partial charge in [-0.05, 0) is 38.3 Å². The molecule has 0 saturated carbocycles. The summed E-state index contributed by atoms with van der Waals surface area (Å²) in [6, 6.07) is 6.13. The van der Waals surface area contributed by atoms with Crippen LogP contribution < -0.4 is 9.64 Å². The van der Waals surface area contributed by atoms with Gasteiger partial charge in [0.2, 0.25) is 11.0 Å². The zero-order valence-corrected chi connectivity index (χ0v) is 16.5. The fourth-order valence-corrected chi connectivity index (χ4v) is 3.88. The standard InChI is InChI=1S/C19H26N4O2S/c1-14-6-4-7-15(2)18(14)25-13-5-8-17(24)22-9-11-23(12-10-22)19-21-20-16(3)26-19/h4,6-7H,5,8-13H2,1-3H3. The van der Waals surface area contributed by atoms with Crippen LogP contribution in [0, 0.1) is 20.8 Å². The Morgan fingerprint density at radius 2 is 1.81 bits per heavy atom. The van der Waals surface area contributed by atoms with Crippen LogP contribution in [0.1, 0.15) is 29.0 Å². The highest BCUT2D eigenvalue weighted by Gasteiger charge is 2.22. The smallest absolute Gasteiger partial charge is 0.222 e. The average Bonchev–Trinajstić information content (AvgIpc) is 3.07. The molecular formula is C19H26N4O2S. The third-order valence-corrected chi connectivity index (χ3v) is 5.51. The molecule has 140 valence electrons. The van der Waals surface area contributed by atoms with Crippen LogP contribution in [0.15, 0.2) is 18.2 Å². The van der Waals surface area contributed by atoms with Gasteiger partial charge in [0.05, 0.1) is 6.61 Å². The van der Waals surface area contributed by atoms with E-state index in [0.717, 1.165) is 59.6 Å². The summed E-state index contributed by atoms with van der Waals surface area (Å²) in [4.78, 5) is 16.6. The van der Waals surface area contributed by atoms with Gasteiger partial charge in [0.25, 0.3) is 0 Å². The largest absolute Gasteiger partial charge is 0.493 e. The fraction of sp³-hybridized carbons (Fsp3) is 0.526. The van der Waals surface area contributed by atoms with Crippen LogP contribution in [0.25, 0.3) is 0 Å². The van der Waals surface area contributed by atoms with Gasteiger partial charge in [-0.3, -0.25) is 4.79 Å². The van der Waals surface area contributed by atoms with Crippen molar-refractivity contribution in [1.82, 2.24) is 15.1 Å². The number of carbonyl (C=O) groups is 1. The maximum Gasteiger partial charge on any atom is 0.222 e. The molecule has 1 amide bonds. The fourth-order valence-electron chi connectivity index (χ4n) is 3.14. The molecule has 1 aromatic carbocycles. The number of amides is 1. The molecule has 0 bridgehead atoms. The first-order valence-corrected chi connectivity index (χ1v) is 9.88. The second-order valence-electron chi connectivity index (χ2n) is 6.64. The van der Waals surface area contributed by atoms with Crippen molar-refractivity contribution in [2.45, 2.75) is 33.6 Å². The Hall–Kier alpha value is -2.15. The lowest BCUT2D eigenvalue weighted by atomic mass is 10.1. The van der Waals surface area contributed by atoms with Crippen LogP contribution in [-0.4, -0.2) is 53.8 Å². The van der Waals surface area contributed by atoms with Crippen molar-refractivity contribution >= 4 is 22.4 Å². The Morgan fingerprint density at radius 1 is 1.12 bits per heavy atom. The van der Waals surface area contributed by atoms with E-state index in [1.54, 1.807) is 11.3 Å². The number of carbonyl (C=O) groups excluding carboxylic acids is 1. The number of piperazine rings is 1. The SMILES string of the molecule is Cc1nnc(N2CCN(C(=O)CCCOc3c(C)cccc3C)CC2)s1. The summed E-state index contributed by atoms with van der Waals surface area (Å²) >= 11 is 1.60. The molecule has 0 unspecified atom stereocenters. The van der Waals surface area contributed by atoms with Crippen LogP contribution in [0.2, 0.25) is 0 Å². The first kappa shape index (κ1) is 18.6. The van der Waals surface area contributed by atoms with Gasteiger partial charge < -0.3 is 14.5 Å². The number of rotatable bonds is 6. The van der Waals surface area contributed by atoms with E-state index in [4.69, 9.17) is 4.74 Å². The van der Waals surface area contributed by atoms with Gasteiger partial charge in [0.1, 0.15) is 10.8 Å². The lowest BCUT2D eigenvalue weighted by Crippen LogP contribution is -2.48. The summed E-state index contributed by atoms with van der Waals surface area (Å²) in [6.45, 7) is 9.75. The van der Waals surface area contributed by atoms with Crippen molar-refractivity contribution in [3.05, 3.63) is 34.3 Å². The van der Waals surface area contributed by atoms with Crippen molar-refractivity contribution in [1.29, 1.82) is 0 Å². The normalized spacial score (nSPS) is 14.6. The van der Waals surface area contributed by atoms with Crippen LogP contribution in [0.4, 0.5) is 5.13 Å². The number of benzene rings is 1. The summed E-state index contributed by atoms with van der Waals surface area (Å²) in [6.07, 6.45) is 1.27. The lowest BCUT2D eigenvalue weighted by molar-refractivity contribution is -0.131. The van der Waals surface area contributed by atoms with Crippen molar-refractivity contribution in [2.75, 3.05) is 37.7 Å². The van der Waals surface area contributed by atoms with E-state index in [1.807, 2.05) is 43.9 Å². The Morgan fingerprint density at radius 3 is 2.42 bits per heavy atom. The minimum atomic E-state index is 0.211. The highest BCUT2D eigenvalue weighted by Crippen LogP contribution is 2.23. The zero-order chi connectivity index (χ0) is 18.5. The molecular weight excluding hydrogens is 348 g/mol. The summed E-state index contributed by atoms with van der Waals surface area (Å²) in [5, 5.41) is 10.2. The number of anilines is 1. The van der Waals surface area contributed by atoms with Crippen molar-refractivity contribution in [2.24, 2.45) is 0 Å². The predicted octanol–water partition coefficient (Wildman–Crippen LogP) is 2.97. The van der Waals surface area contributed by atoms with Crippen molar-refractivity contribution in [3.63, 3.8) is 0 Å². The molecule has 3 rings (SSSR count). The van der Waals surface area contributed by atoms with Gasteiger partial charge in [-0.25, -0.2) is 0 Å². The maximum absolute atomic E-state index is 12.4. The molecule has 2 heterocycles. The Labute approximate surface area is 158 Å². The first-order valence-electron chi connectivity index (χ1n) is 9.06. The summed E-state index contributed by atoms with van der Waals surface area (Å²) in [5.41, 5.74) is 2.28. The molecule has 0 N–H and O–H groups in total. The van der Waals surface area contributed by atoms with Crippen LogP contribution in [-0.2, 0) is 4.79 Å². The van der Waals surface area contributed by atoms with E-state index < -0.39 is 0 Å². The minimum Gasteiger partial charge on any atom is -0.493 e. The Bertz CT molecular complexity index is 733. The topological polar surface area (TPSA) is 58.6 Å².